The molecule has 0 rings (SSSR count). The lowest BCUT2D eigenvalue weighted by atomic mass is 10.2. The number of rotatable bonds is 9. The maximum atomic E-state index is 11.6. The van der Waals surface area contributed by atoms with Gasteiger partial charge in [0.1, 0.15) is 13.1 Å². The normalized spacial score (nSPS) is 12.0. The highest BCUT2D eigenvalue weighted by atomic mass is 16.3. The number of likely N-dealkylation sites (N-methyl/N-ethyl adjacent to an activating group) is 2. The molecule has 0 fully saturated rings. The fraction of sp³-hybridized carbons (Fsp3) is 0.619. The van der Waals surface area contributed by atoms with Crippen LogP contribution in [0.5, 0.6) is 0 Å². The van der Waals surface area contributed by atoms with E-state index in [0.717, 1.165) is 17.7 Å². The van der Waals surface area contributed by atoms with Gasteiger partial charge in [-0.3, -0.25) is 13.8 Å². The molecule has 0 saturated heterocycles. The summed E-state index contributed by atoms with van der Waals surface area (Å²) in [6.07, 6.45) is -0.347. The Kier molecular flexibility index (Phi) is 20.1. The molecule has 166 valence electrons. The van der Waals surface area contributed by atoms with Crippen molar-refractivity contribution in [3.8, 4) is 0 Å². The molecule has 1 atom stereocenters. The van der Waals surface area contributed by atoms with Crippen molar-refractivity contribution in [3.63, 3.8) is 0 Å². The summed E-state index contributed by atoms with van der Waals surface area (Å²) in [6, 6.07) is 0. The molecular weight excluding hydrogens is 340 g/mol. The highest BCUT2D eigenvalue weighted by Gasteiger charge is 2.31. The molecule has 27 heavy (non-hydrogen) atoms. The Bertz CT molecular complexity index is 413. The monoisotopic (exact) mass is 390 g/mol. The lowest BCUT2D eigenvalue weighted by molar-refractivity contribution is -1.07. The molecule has 0 aromatic rings. The molecule has 1 amide bonds. The van der Waals surface area contributed by atoms with E-state index in [2.05, 4.69) is 74.4 Å². The summed E-state index contributed by atoms with van der Waals surface area (Å²) in [7, 11) is 14.6. The van der Waals surface area contributed by atoms with Crippen molar-refractivity contribution in [1.29, 1.82) is 0 Å². The lowest BCUT2D eigenvalue weighted by Crippen LogP contribution is -2.61. The zero-order valence-corrected chi connectivity index (χ0v) is 20.2. The average Bonchev–Trinajstić information content (AvgIpc) is 2.33. The van der Waals surface area contributed by atoms with Crippen LogP contribution in [0.3, 0.4) is 0 Å². The molecule has 0 aromatic heterocycles. The number of hydrogen-bond donors (Lipinski definition) is 2. The molecule has 0 heterocycles. The number of hydrogen-bond acceptors (Lipinski definition) is 2. The Labute approximate surface area is 171 Å². The summed E-state index contributed by atoms with van der Waals surface area (Å²) in [4.78, 5) is 11.6. The molecule has 0 radical (unpaired) electrons. The Morgan fingerprint density at radius 1 is 0.926 bits per heavy atom. The second kappa shape index (κ2) is 14.8. The van der Waals surface area contributed by atoms with Gasteiger partial charge in [0.25, 0.3) is 5.91 Å². The number of nitrogens with zero attached hydrogens (tertiary/aromatic N) is 3. The van der Waals surface area contributed by atoms with E-state index < -0.39 is 0 Å². The molecule has 0 saturated carbocycles. The van der Waals surface area contributed by atoms with E-state index in [1.807, 2.05) is 0 Å². The first kappa shape index (κ1) is 36.7. The maximum absolute atomic E-state index is 11.6. The quantitative estimate of drug-likeness (QED) is 0.208. The molecule has 1 unspecified atom stereocenters. The topological polar surface area (TPSA) is 49.3 Å². The van der Waals surface area contributed by atoms with Crippen molar-refractivity contribution >= 4 is 5.91 Å². The third-order valence-corrected chi connectivity index (χ3v) is 3.28. The molecular formula is C21H50N4O2. The second-order valence-electron chi connectivity index (χ2n) is 8.77. The van der Waals surface area contributed by atoms with Gasteiger partial charge in [-0.2, -0.15) is 0 Å². The molecule has 0 aliphatic carbocycles. The van der Waals surface area contributed by atoms with Crippen LogP contribution in [0, 0.1) is 22.3 Å². The highest BCUT2D eigenvalue weighted by molar-refractivity contribution is 5.91. The van der Waals surface area contributed by atoms with E-state index in [1.165, 1.54) is 0 Å². The first-order valence-corrected chi connectivity index (χ1v) is 8.20. The summed E-state index contributed by atoms with van der Waals surface area (Å²) in [5.74, 6) is -0.110. The van der Waals surface area contributed by atoms with Gasteiger partial charge in [-0.25, -0.2) is 0 Å². The van der Waals surface area contributed by atoms with Crippen molar-refractivity contribution in [1.82, 2.24) is 5.32 Å². The van der Waals surface area contributed by atoms with E-state index in [-0.39, 0.29) is 34.3 Å². The molecule has 0 bridgehead atoms. The van der Waals surface area contributed by atoms with Gasteiger partial charge in [0.2, 0.25) is 6.67 Å². The molecule has 0 aliphatic rings. The molecule has 6 heteroatoms. The fourth-order valence-corrected chi connectivity index (χ4v) is 2.84. The van der Waals surface area contributed by atoms with Crippen molar-refractivity contribution in [2.45, 2.75) is 13.0 Å². The van der Waals surface area contributed by atoms with E-state index in [0.29, 0.717) is 27.8 Å². The summed E-state index contributed by atoms with van der Waals surface area (Å²) in [6.45, 7) is 14.1. The first-order valence-electron chi connectivity index (χ1n) is 8.20. The second-order valence-corrected chi connectivity index (χ2v) is 8.77. The van der Waals surface area contributed by atoms with Crippen LogP contribution in [0.25, 0.3) is 0 Å². The van der Waals surface area contributed by atoms with Gasteiger partial charge in [0.15, 0.2) is 12.8 Å². The Hall–Kier alpha value is -1.21. The molecule has 0 aliphatic heterocycles. The zero-order chi connectivity index (χ0) is 19.8. The van der Waals surface area contributed by atoms with E-state index in [1.54, 1.807) is 6.92 Å². The van der Waals surface area contributed by atoms with Gasteiger partial charge in [-0.05, 0) is 6.92 Å². The Morgan fingerprint density at radius 2 is 1.33 bits per heavy atom. The highest BCUT2D eigenvalue weighted by Crippen LogP contribution is 2.08. The number of carbonyl (C=O) groups excluding carboxylic acids is 1. The summed E-state index contributed by atoms with van der Waals surface area (Å²) < 4.78 is 2.08. The largest absolute Gasteiger partial charge is 0.382 e. The van der Waals surface area contributed by atoms with Gasteiger partial charge >= 0.3 is 0 Å². The summed E-state index contributed by atoms with van der Waals surface area (Å²) in [5.41, 5.74) is 0.520. The van der Waals surface area contributed by atoms with E-state index in [4.69, 9.17) is 0 Å². The fourth-order valence-electron chi connectivity index (χ4n) is 2.84. The zero-order valence-electron chi connectivity index (χ0n) is 20.2. The van der Waals surface area contributed by atoms with Crippen LogP contribution in [0.2, 0.25) is 0 Å². The van der Waals surface area contributed by atoms with Crippen LogP contribution in [0.15, 0.2) is 25.3 Å². The minimum atomic E-state index is -0.347. The van der Waals surface area contributed by atoms with Crippen molar-refractivity contribution in [2.75, 3.05) is 75.8 Å². The Balaban J connectivity index is -0.000000311. The van der Waals surface area contributed by atoms with Gasteiger partial charge < -0.3 is 37.2 Å². The number of quaternary nitrogens is 3. The SMILES string of the molecule is C=C.C=C(C)C(=O)NC[N+](C)(C)C[N+](C)(C)CC(O)C[N+](C)(C)C.[CH3-].[CH3-].[CH3-]. The number of amides is 1. The van der Waals surface area contributed by atoms with E-state index >= 15 is 0 Å². The molecule has 6 nitrogen and oxygen atoms in total. The maximum Gasteiger partial charge on any atom is 0.250 e. The van der Waals surface area contributed by atoms with E-state index in [9.17, 15) is 9.90 Å². The van der Waals surface area contributed by atoms with Crippen LogP contribution < -0.4 is 5.32 Å². The molecule has 0 spiro atoms. The summed E-state index contributed by atoms with van der Waals surface area (Å²) >= 11 is 0. The van der Waals surface area contributed by atoms with Crippen LogP contribution in [-0.2, 0) is 4.79 Å². The van der Waals surface area contributed by atoms with Crippen molar-refractivity contribution in [3.05, 3.63) is 47.6 Å². The molecule has 2 N–H and O–H groups in total. The Morgan fingerprint density at radius 3 is 1.67 bits per heavy atom. The van der Waals surface area contributed by atoms with Gasteiger partial charge in [0, 0.05) is 5.57 Å². The smallest absolute Gasteiger partial charge is 0.250 e. The van der Waals surface area contributed by atoms with Gasteiger partial charge in [-0.1, -0.05) is 6.58 Å². The lowest BCUT2D eigenvalue weighted by Gasteiger charge is -2.40. The number of nitrogens with one attached hydrogen (secondary N) is 1. The van der Waals surface area contributed by atoms with Crippen molar-refractivity contribution in [2.24, 2.45) is 0 Å². The minimum Gasteiger partial charge on any atom is -0.382 e. The molecule has 0 aromatic carbocycles. The van der Waals surface area contributed by atoms with Crippen LogP contribution in [0.4, 0.5) is 0 Å². The first-order chi connectivity index (χ1) is 10.6. The van der Waals surface area contributed by atoms with Crippen molar-refractivity contribution < 1.29 is 23.4 Å². The third kappa shape index (κ3) is 21.0. The van der Waals surface area contributed by atoms with Crippen LogP contribution in [-0.4, -0.2) is 106 Å². The van der Waals surface area contributed by atoms with Crippen LogP contribution in [0.1, 0.15) is 6.92 Å². The van der Waals surface area contributed by atoms with Gasteiger partial charge in [-0.15, -0.1) is 13.2 Å². The number of carbonyl (C=O) groups is 1. The third-order valence-electron chi connectivity index (χ3n) is 3.28. The minimum absolute atomic E-state index is 0. The number of aliphatic hydroxyl groups is 1. The standard InChI is InChI=1S/C16H36N4O2.C2H4.3CH3/c1-14(2)16(22)17-12-20(8,9)13-19(6,7)11-15(21)10-18(3,4)5;1-2;;;/h15,21H,1,10-13H2,2-9H3;1-2H2;3*1H3/q+2;;3*-1/p+1. The summed E-state index contributed by atoms with van der Waals surface area (Å²) in [5, 5.41) is 13.2. The predicted molar refractivity (Wildman–Crippen MR) is 121 cm³/mol. The predicted octanol–water partition coefficient (Wildman–Crippen LogP) is 1.97. The van der Waals surface area contributed by atoms with Crippen LogP contribution >= 0.6 is 0 Å². The average molecular weight is 391 g/mol. The van der Waals surface area contributed by atoms with Gasteiger partial charge in [0.05, 0.1) is 49.3 Å². The number of aliphatic hydroxyl groups excluding tert-OH is 1.